The van der Waals surface area contributed by atoms with E-state index in [0.29, 0.717) is 12.4 Å². The van der Waals surface area contributed by atoms with Gasteiger partial charge in [-0.25, -0.2) is 9.97 Å². The van der Waals surface area contributed by atoms with E-state index in [2.05, 4.69) is 19.9 Å². The van der Waals surface area contributed by atoms with Crippen LogP contribution in [-0.2, 0) is 13.1 Å². The first-order valence-electron chi connectivity index (χ1n) is 5.48. The molecule has 0 saturated heterocycles. The number of rotatable bonds is 5. The predicted octanol–water partition coefficient (Wildman–Crippen LogP) is 1.05. The highest BCUT2D eigenvalue weighted by Crippen LogP contribution is 2.09. The van der Waals surface area contributed by atoms with Crippen LogP contribution in [0.25, 0.3) is 0 Å². The second-order valence-corrected chi connectivity index (χ2v) is 3.67. The summed E-state index contributed by atoms with van der Waals surface area (Å²) in [7, 11) is 3.53. The third-order valence-electron chi connectivity index (χ3n) is 2.46. The van der Waals surface area contributed by atoms with Crippen LogP contribution in [0.4, 0.5) is 0 Å². The molecule has 5 heteroatoms. The maximum atomic E-state index is 5.10. The molecular weight excluding hydrogens is 216 g/mol. The maximum absolute atomic E-state index is 5.10. The van der Waals surface area contributed by atoms with Crippen molar-refractivity contribution in [2.75, 3.05) is 14.2 Å². The van der Waals surface area contributed by atoms with Crippen LogP contribution in [0.2, 0.25) is 0 Å². The Morgan fingerprint density at radius 2 is 2.29 bits per heavy atom. The van der Waals surface area contributed by atoms with Crippen molar-refractivity contribution in [3.8, 4) is 5.88 Å². The topological polar surface area (TPSA) is 52.0 Å². The van der Waals surface area contributed by atoms with Crippen molar-refractivity contribution in [3.05, 3.63) is 42.1 Å². The Morgan fingerprint density at radius 3 is 3.06 bits per heavy atom. The fourth-order valence-electron chi connectivity index (χ4n) is 1.64. The van der Waals surface area contributed by atoms with Crippen LogP contribution in [0, 0.1) is 0 Å². The van der Waals surface area contributed by atoms with Crippen LogP contribution in [0.5, 0.6) is 5.88 Å². The highest BCUT2D eigenvalue weighted by molar-refractivity contribution is 5.16. The van der Waals surface area contributed by atoms with E-state index in [0.717, 1.165) is 18.1 Å². The summed E-state index contributed by atoms with van der Waals surface area (Å²) in [6.45, 7) is 1.45. The number of nitrogens with zero attached hydrogens (tertiary/aromatic N) is 3. The zero-order valence-electron chi connectivity index (χ0n) is 10.1. The third-order valence-corrected chi connectivity index (χ3v) is 2.46. The predicted molar refractivity (Wildman–Crippen MR) is 64.9 cm³/mol. The molecule has 90 valence electrons. The zero-order valence-corrected chi connectivity index (χ0v) is 10.1. The molecular formula is C12H16N4O. The summed E-state index contributed by atoms with van der Waals surface area (Å²) >= 11 is 0. The number of hydrogen-bond acceptors (Lipinski definition) is 4. The van der Waals surface area contributed by atoms with E-state index in [1.807, 2.05) is 31.4 Å². The van der Waals surface area contributed by atoms with Crippen molar-refractivity contribution in [3.63, 3.8) is 0 Å². The molecule has 0 aliphatic carbocycles. The molecule has 1 N–H and O–H groups in total. The summed E-state index contributed by atoms with van der Waals surface area (Å²) < 4.78 is 7.17. The van der Waals surface area contributed by atoms with E-state index in [4.69, 9.17) is 4.74 Å². The molecule has 0 spiro atoms. The van der Waals surface area contributed by atoms with Gasteiger partial charge in [-0.05, 0) is 13.1 Å². The van der Waals surface area contributed by atoms with E-state index in [1.54, 1.807) is 13.3 Å². The van der Waals surface area contributed by atoms with Crippen LogP contribution in [0.3, 0.4) is 0 Å². The Kier molecular flexibility index (Phi) is 3.72. The molecule has 0 amide bonds. The second-order valence-electron chi connectivity index (χ2n) is 3.67. The molecule has 2 heterocycles. The molecule has 2 aromatic rings. The fraction of sp³-hybridized carbons (Fsp3) is 0.333. The molecule has 0 aromatic carbocycles. The van der Waals surface area contributed by atoms with Gasteiger partial charge >= 0.3 is 0 Å². The molecule has 2 aromatic heterocycles. The first-order chi connectivity index (χ1) is 8.33. The summed E-state index contributed by atoms with van der Waals surface area (Å²) in [5.41, 5.74) is 0.958. The number of imidazole rings is 1. The minimum absolute atomic E-state index is 0.637. The number of methoxy groups -OCH3 is 1. The van der Waals surface area contributed by atoms with E-state index in [1.165, 1.54) is 0 Å². The van der Waals surface area contributed by atoms with Gasteiger partial charge in [-0.2, -0.15) is 0 Å². The Labute approximate surface area is 100 Å². The monoisotopic (exact) mass is 232 g/mol. The number of aromatic nitrogens is 3. The van der Waals surface area contributed by atoms with Crippen molar-refractivity contribution in [1.82, 2.24) is 19.9 Å². The Hall–Kier alpha value is -1.88. The van der Waals surface area contributed by atoms with E-state index in [-0.39, 0.29) is 0 Å². The van der Waals surface area contributed by atoms with Crippen molar-refractivity contribution in [2.45, 2.75) is 13.1 Å². The molecule has 0 aliphatic rings. The minimum atomic E-state index is 0.637. The summed E-state index contributed by atoms with van der Waals surface area (Å²) in [5, 5.41) is 3.09. The van der Waals surface area contributed by atoms with Gasteiger partial charge in [0.1, 0.15) is 5.82 Å². The fourth-order valence-corrected chi connectivity index (χ4v) is 1.64. The molecule has 17 heavy (non-hydrogen) atoms. The number of hydrogen-bond donors (Lipinski definition) is 1. The lowest BCUT2D eigenvalue weighted by Gasteiger charge is -2.07. The molecule has 0 saturated carbocycles. The Morgan fingerprint density at radius 1 is 1.41 bits per heavy atom. The van der Waals surface area contributed by atoms with Gasteiger partial charge in [0.25, 0.3) is 0 Å². The zero-order chi connectivity index (χ0) is 12.1. The molecule has 5 nitrogen and oxygen atoms in total. The Bertz CT molecular complexity index is 481. The molecule has 0 aliphatic heterocycles. The standard InChI is InChI=1S/C12H16N4O/c1-13-8-11-14-6-7-16(11)9-10-4-3-5-12(15-10)17-2/h3-7,13H,8-9H2,1-2H3. The summed E-state index contributed by atoms with van der Waals surface area (Å²) in [6.07, 6.45) is 3.75. The van der Waals surface area contributed by atoms with Gasteiger partial charge in [0, 0.05) is 18.5 Å². The molecule has 0 unspecified atom stereocenters. The average molecular weight is 232 g/mol. The first-order valence-corrected chi connectivity index (χ1v) is 5.48. The number of ether oxygens (including phenoxy) is 1. The molecule has 0 bridgehead atoms. The summed E-state index contributed by atoms with van der Waals surface area (Å²) in [6, 6.07) is 5.76. The summed E-state index contributed by atoms with van der Waals surface area (Å²) in [5.74, 6) is 1.63. The van der Waals surface area contributed by atoms with E-state index in [9.17, 15) is 0 Å². The van der Waals surface area contributed by atoms with Crippen LogP contribution < -0.4 is 10.1 Å². The van der Waals surface area contributed by atoms with Gasteiger partial charge in [-0.15, -0.1) is 0 Å². The minimum Gasteiger partial charge on any atom is -0.481 e. The third kappa shape index (κ3) is 2.82. The SMILES string of the molecule is CNCc1nccn1Cc1cccc(OC)n1. The Balaban J connectivity index is 2.16. The lowest BCUT2D eigenvalue weighted by atomic mass is 10.3. The summed E-state index contributed by atoms with van der Waals surface area (Å²) in [4.78, 5) is 8.66. The highest BCUT2D eigenvalue weighted by Gasteiger charge is 2.04. The van der Waals surface area contributed by atoms with Gasteiger partial charge in [-0.1, -0.05) is 6.07 Å². The first kappa shape index (κ1) is 11.6. The van der Waals surface area contributed by atoms with Crippen molar-refractivity contribution >= 4 is 0 Å². The highest BCUT2D eigenvalue weighted by atomic mass is 16.5. The number of nitrogens with one attached hydrogen (secondary N) is 1. The van der Waals surface area contributed by atoms with E-state index >= 15 is 0 Å². The average Bonchev–Trinajstić information content (AvgIpc) is 2.78. The van der Waals surface area contributed by atoms with Crippen molar-refractivity contribution in [2.24, 2.45) is 0 Å². The molecule has 0 fully saturated rings. The van der Waals surface area contributed by atoms with Gasteiger partial charge in [0.2, 0.25) is 5.88 Å². The molecule has 0 radical (unpaired) electrons. The smallest absolute Gasteiger partial charge is 0.213 e. The second kappa shape index (κ2) is 5.45. The maximum Gasteiger partial charge on any atom is 0.213 e. The van der Waals surface area contributed by atoms with Crippen LogP contribution in [0.15, 0.2) is 30.6 Å². The van der Waals surface area contributed by atoms with E-state index < -0.39 is 0 Å². The van der Waals surface area contributed by atoms with Crippen LogP contribution in [0.1, 0.15) is 11.5 Å². The van der Waals surface area contributed by atoms with Crippen molar-refractivity contribution in [1.29, 1.82) is 0 Å². The van der Waals surface area contributed by atoms with Crippen LogP contribution >= 0.6 is 0 Å². The van der Waals surface area contributed by atoms with Crippen molar-refractivity contribution < 1.29 is 4.74 Å². The molecule has 0 atom stereocenters. The van der Waals surface area contributed by atoms with Gasteiger partial charge in [-0.3, -0.25) is 0 Å². The normalized spacial score (nSPS) is 10.5. The van der Waals surface area contributed by atoms with Crippen LogP contribution in [-0.4, -0.2) is 28.7 Å². The number of pyridine rings is 1. The molecule has 2 rings (SSSR count). The largest absolute Gasteiger partial charge is 0.481 e. The van der Waals surface area contributed by atoms with Gasteiger partial charge in [0.05, 0.1) is 25.9 Å². The lowest BCUT2D eigenvalue weighted by molar-refractivity contribution is 0.395. The van der Waals surface area contributed by atoms with Gasteiger partial charge < -0.3 is 14.6 Å². The quantitative estimate of drug-likeness (QED) is 0.837. The lowest BCUT2D eigenvalue weighted by Crippen LogP contribution is -2.13. The van der Waals surface area contributed by atoms with Gasteiger partial charge in [0.15, 0.2) is 0 Å².